The lowest BCUT2D eigenvalue weighted by molar-refractivity contribution is 0.785. The van der Waals surface area contributed by atoms with E-state index in [0.29, 0.717) is 5.15 Å². The van der Waals surface area contributed by atoms with Crippen molar-refractivity contribution >= 4 is 17.4 Å². The minimum Gasteiger partial charge on any atom is -0.369 e. The minimum absolute atomic E-state index is 0.484. The van der Waals surface area contributed by atoms with Crippen molar-refractivity contribution in [3.8, 4) is 0 Å². The van der Waals surface area contributed by atoms with Gasteiger partial charge in [0.15, 0.2) is 0 Å². The Bertz CT molecular complexity index is 538. The van der Waals surface area contributed by atoms with E-state index in [0.717, 1.165) is 43.3 Å². The summed E-state index contributed by atoms with van der Waals surface area (Å²) in [6.45, 7) is 2.86. The van der Waals surface area contributed by atoms with Gasteiger partial charge in [-0.1, -0.05) is 18.5 Å². The molecule has 0 fully saturated rings. The Labute approximate surface area is 118 Å². The molecule has 102 valence electrons. The number of nitrogens with one attached hydrogen (secondary N) is 1. The fourth-order valence-electron chi connectivity index (χ4n) is 1.83. The van der Waals surface area contributed by atoms with Gasteiger partial charge < -0.3 is 9.88 Å². The third-order valence-electron chi connectivity index (χ3n) is 2.79. The van der Waals surface area contributed by atoms with Crippen LogP contribution in [0.5, 0.6) is 0 Å². The van der Waals surface area contributed by atoms with Gasteiger partial charge in [-0.05, 0) is 6.42 Å². The molecule has 0 saturated heterocycles. The van der Waals surface area contributed by atoms with E-state index < -0.39 is 0 Å². The zero-order valence-corrected chi connectivity index (χ0v) is 12.0. The van der Waals surface area contributed by atoms with Gasteiger partial charge in [-0.2, -0.15) is 0 Å². The molecule has 0 aliphatic rings. The number of imidazole rings is 1. The van der Waals surface area contributed by atoms with Crippen LogP contribution in [0.3, 0.4) is 0 Å². The predicted octanol–water partition coefficient (Wildman–Crippen LogP) is 2.47. The average Bonchev–Trinajstić information content (AvgIpc) is 2.75. The van der Waals surface area contributed by atoms with Crippen molar-refractivity contribution < 1.29 is 0 Å². The monoisotopic (exact) mass is 279 g/mol. The molecule has 1 N–H and O–H groups in total. The second-order valence-electron chi connectivity index (χ2n) is 4.37. The van der Waals surface area contributed by atoms with Crippen LogP contribution in [-0.2, 0) is 19.9 Å². The van der Waals surface area contributed by atoms with Gasteiger partial charge in [0.1, 0.15) is 22.6 Å². The lowest BCUT2D eigenvalue weighted by Gasteiger charge is -2.07. The van der Waals surface area contributed by atoms with Gasteiger partial charge in [-0.15, -0.1) is 0 Å². The van der Waals surface area contributed by atoms with Gasteiger partial charge in [-0.25, -0.2) is 15.0 Å². The number of anilines is 1. The van der Waals surface area contributed by atoms with E-state index in [4.69, 9.17) is 11.6 Å². The van der Waals surface area contributed by atoms with Crippen molar-refractivity contribution in [1.82, 2.24) is 19.5 Å². The number of aryl methyl sites for hydroxylation is 2. The van der Waals surface area contributed by atoms with E-state index in [1.807, 2.05) is 17.8 Å². The Morgan fingerprint density at radius 1 is 1.32 bits per heavy atom. The van der Waals surface area contributed by atoms with Crippen LogP contribution in [0.4, 0.5) is 5.82 Å². The Morgan fingerprint density at radius 3 is 2.84 bits per heavy atom. The molecule has 0 radical (unpaired) electrons. The maximum absolute atomic E-state index is 5.98. The smallest absolute Gasteiger partial charge is 0.134 e. The summed E-state index contributed by atoms with van der Waals surface area (Å²) in [4.78, 5) is 12.9. The standard InChI is InChI=1S/C13H18ClN5/c1-3-4-11-17-10(14)9-12(18-11)15-6-5-13-16-7-8-19(13)2/h7-9H,3-6H2,1-2H3,(H,15,17,18). The third kappa shape index (κ3) is 3.92. The lowest BCUT2D eigenvalue weighted by atomic mass is 10.3. The highest BCUT2D eigenvalue weighted by Gasteiger charge is 2.03. The Hall–Kier alpha value is -1.62. The summed E-state index contributed by atoms with van der Waals surface area (Å²) in [5.41, 5.74) is 0. The van der Waals surface area contributed by atoms with Gasteiger partial charge in [0.2, 0.25) is 0 Å². The molecular weight excluding hydrogens is 262 g/mol. The first-order chi connectivity index (χ1) is 9.19. The number of hydrogen-bond acceptors (Lipinski definition) is 4. The normalized spacial score (nSPS) is 10.7. The molecule has 2 aromatic heterocycles. The summed E-state index contributed by atoms with van der Waals surface area (Å²) >= 11 is 5.98. The van der Waals surface area contributed by atoms with Crippen molar-refractivity contribution in [3.63, 3.8) is 0 Å². The molecule has 0 aliphatic carbocycles. The van der Waals surface area contributed by atoms with E-state index in [2.05, 4.69) is 27.2 Å². The first-order valence-electron chi connectivity index (χ1n) is 6.42. The summed E-state index contributed by atoms with van der Waals surface area (Å²) in [6.07, 6.45) is 6.43. The zero-order chi connectivity index (χ0) is 13.7. The SMILES string of the molecule is CCCc1nc(Cl)cc(NCCc2nccn2C)n1. The molecule has 0 saturated carbocycles. The molecule has 0 atom stereocenters. The first kappa shape index (κ1) is 13.8. The molecule has 2 aromatic rings. The summed E-state index contributed by atoms with van der Waals surface area (Å²) in [5, 5.41) is 3.75. The number of halogens is 1. The summed E-state index contributed by atoms with van der Waals surface area (Å²) in [6, 6.07) is 1.75. The van der Waals surface area contributed by atoms with Crippen LogP contribution >= 0.6 is 11.6 Å². The third-order valence-corrected chi connectivity index (χ3v) is 2.98. The Kier molecular flexibility index (Phi) is 4.74. The largest absolute Gasteiger partial charge is 0.369 e. The van der Waals surface area contributed by atoms with Crippen LogP contribution in [0.2, 0.25) is 5.15 Å². The molecule has 6 heteroatoms. The van der Waals surface area contributed by atoms with Gasteiger partial charge >= 0.3 is 0 Å². The maximum atomic E-state index is 5.98. The summed E-state index contributed by atoms with van der Waals surface area (Å²) < 4.78 is 2.01. The van der Waals surface area contributed by atoms with E-state index >= 15 is 0 Å². The number of nitrogens with zero attached hydrogens (tertiary/aromatic N) is 4. The topological polar surface area (TPSA) is 55.6 Å². The van der Waals surface area contributed by atoms with Crippen LogP contribution < -0.4 is 5.32 Å². The summed E-state index contributed by atoms with van der Waals surface area (Å²) in [5.74, 6) is 2.61. The predicted molar refractivity (Wildman–Crippen MR) is 76.4 cm³/mol. The second kappa shape index (κ2) is 6.52. The molecule has 0 spiro atoms. The van der Waals surface area contributed by atoms with Gasteiger partial charge in [0.25, 0.3) is 0 Å². The van der Waals surface area contributed by atoms with Crippen LogP contribution in [-0.4, -0.2) is 26.1 Å². The molecule has 0 amide bonds. The zero-order valence-electron chi connectivity index (χ0n) is 11.2. The summed E-state index contributed by atoms with van der Waals surface area (Å²) in [7, 11) is 1.99. The molecule has 0 aromatic carbocycles. The van der Waals surface area contributed by atoms with E-state index in [-0.39, 0.29) is 0 Å². The van der Waals surface area contributed by atoms with Crippen molar-refractivity contribution in [1.29, 1.82) is 0 Å². The molecule has 19 heavy (non-hydrogen) atoms. The highest BCUT2D eigenvalue weighted by molar-refractivity contribution is 6.29. The number of hydrogen-bond donors (Lipinski definition) is 1. The second-order valence-corrected chi connectivity index (χ2v) is 4.76. The molecular formula is C13H18ClN5. The van der Waals surface area contributed by atoms with Crippen molar-refractivity contribution in [3.05, 3.63) is 35.3 Å². The average molecular weight is 280 g/mol. The van der Waals surface area contributed by atoms with Gasteiger partial charge in [0, 0.05) is 44.9 Å². The first-order valence-corrected chi connectivity index (χ1v) is 6.80. The van der Waals surface area contributed by atoms with Crippen LogP contribution in [0.1, 0.15) is 25.0 Å². The Balaban J connectivity index is 1.94. The molecule has 2 rings (SSSR count). The number of aromatic nitrogens is 4. The van der Waals surface area contributed by atoms with Crippen LogP contribution in [0, 0.1) is 0 Å². The highest BCUT2D eigenvalue weighted by Crippen LogP contribution is 2.12. The molecule has 0 unspecified atom stereocenters. The minimum atomic E-state index is 0.484. The Morgan fingerprint density at radius 2 is 2.16 bits per heavy atom. The van der Waals surface area contributed by atoms with Gasteiger partial charge in [-0.3, -0.25) is 0 Å². The maximum Gasteiger partial charge on any atom is 0.134 e. The quantitative estimate of drug-likeness (QED) is 0.826. The van der Waals surface area contributed by atoms with Gasteiger partial charge in [0.05, 0.1) is 0 Å². The lowest BCUT2D eigenvalue weighted by Crippen LogP contribution is -2.10. The molecule has 5 nitrogen and oxygen atoms in total. The van der Waals surface area contributed by atoms with E-state index in [1.165, 1.54) is 0 Å². The van der Waals surface area contributed by atoms with E-state index in [1.54, 1.807) is 12.3 Å². The fraction of sp³-hybridized carbons (Fsp3) is 0.462. The molecule has 2 heterocycles. The van der Waals surface area contributed by atoms with Crippen molar-refractivity contribution in [2.24, 2.45) is 7.05 Å². The number of rotatable bonds is 6. The highest BCUT2D eigenvalue weighted by atomic mass is 35.5. The fourth-order valence-corrected chi connectivity index (χ4v) is 2.03. The van der Waals surface area contributed by atoms with Crippen LogP contribution in [0.25, 0.3) is 0 Å². The molecule has 0 bridgehead atoms. The van der Waals surface area contributed by atoms with Crippen molar-refractivity contribution in [2.45, 2.75) is 26.2 Å². The van der Waals surface area contributed by atoms with E-state index in [9.17, 15) is 0 Å². The van der Waals surface area contributed by atoms with Crippen molar-refractivity contribution in [2.75, 3.05) is 11.9 Å². The molecule has 0 aliphatic heterocycles. The van der Waals surface area contributed by atoms with Crippen LogP contribution in [0.15, 0.2) is 18.5 Å².